The van der Waals surface area contributed by atoms with Crippen LogP contribution in [0.4, 0.5) is 0 Å². The molecule has 2 unspecified atom stereocenters. The van der Waals surface area contributed by atoms with E-state index in [4.69, 9.17) is 0 Å². The Morgan fingerprint density at radius 2 is 1.84 bits per heavy atom. The summed E-state index contributed by atoms with van der Waals surface area (Å²) >= 11 is 0. The van der Waals surface area contributed by atoms with Crippen LogP contribution >= 0.6 is 0 Å². The molecule has 0 aromatic heterocycles. The molecule has 2 rings (SSSR count). The van der Waals surface area contributed by atoms with Crippen molar-refractivity contribution < 1.29 is 4.21 Å². The van der Waals surface area contributed by atoms with Crippen molar-refractivity contribution in [3.8, 4) is 0 Å². The molecule has 19 heavy (non-hydrogen) atoms. The Labute approximate surface area is 117 Å². The van der Waals surface area contributed by atoms with Crippen LogP contribution in [-0.4, -0.2) is 22.3 Å². The molecule has 2 nitrogen and oxygen atoms in total. The van der Waals surface area contributed by atoms with Crippen LogP contribution in [0.2, 0.25) is 0 Å². The van der Waals surface area contributed by atoms with Gasteiger partial charge in [-0.3, -0.25) is 4.21 Å². The number of nitrogens with one attached hydrogen (secondary N) is 1. The van der Waals surface area contributed by atoms with E-state index in [0.717, 1.165) is 12.3 Å². The van der Waals surface area contributed by atoms with E-state index >= 15 is 0 Å². The molecule has 0 saturated heterocycles. The van der Waals surface area contributed by atoms with Gasteiger partial charge in [-0.05, 0) is 28.9 Å². The van der Waals surface area contributed by atoms with E-state index in [-0.39, 0.29) is 6.04 Å². The molecule has 0 amide bonds. The van der Waals surface area contributed by atoms with Crippen LogP contribution in [0.25, 0.3) is 10.8 Å². The molecule has 2 atom stereocenters. The maximum absolute atomic E-state index is 11.8. The Kier molecular flexibility index (Phi) is 5.11. The summed E-state index contributed by atoms with van der Waals surface area (Å²) in [5, 5.41) is 5.92. The van der Waals surface area contributed by atoms with Crippen LogP contribution in [-0.2, 0) is 10.8 Å². The van der Waals surface area contributed by atoms with Gasteiger partial charge in [0.25, 0.3) is 0 Å². The third kappa shape index (κ3) is 3.64. The summed E-state index contributed by atoms with van der Waals surface area (Å²) in [6.07, 6.45) is 0. The number of hydrogen-bond donors (Lipinski definition) is 1. The van der Waals surface area contributed by atoms with E-state index in [0.29, 0.717) is 5.75 Å². The first-order chi connectivity index (χ1) is 9.24. The third-order valence-electron chi connectivity index (χ3n) is 3.30. The van der Waals surface area contributed by atoms with Gasteiger partial charge in [-0.1, -0.05) is 50.2 Å². The SMILES string of the molecule is CCNC(CS(=O)CC)c1ccc2ccccc2c1. The monoisotopic (exact) mass is 275 g/mol. The molecule has 0 aliphatic carbocycles. The number of fused-ring (bicyclic) bond motifs is 1. The smallest absolute Gasteiger partial charge is 0.0436 e. The van der Waals surface area contributed by atoms with Crippen LogP contribution in [0.5, 0.6) is 0 Å². The third-order valence-corrected chi connectivity index (χ3v) is 4.65. The van der Waals surface area contributed by atoms with Crippen molar-refractivity contribution in [2.75, 3.05) is 18.1 Å². The van der Waals surface area contributed by atoms with E-state index in [9.17, 15) is 4.21 Å². The van der Waals surface area contributed by atoms with Crippen LogP contribution in [0.15, 0.2) is 42.5 Å². The van der Waals surface area contributed by atoms with Gasteiger partial charge in [0.2, 0.25) is 0 Å². The molecule has 0 aliphatic rings. The zero-order valence-corrected chi connectivity index (χ0v) is 12.4. The van der Waals surface area contributed by atoms with Gasteiger partial charge in [0.05, 0.1) is 0 Å². The molecule has 2 aromatic rings. The normalized spacial score (nSPS) is 14.4. The van der Waals surface area contributed by atoms with Crippen molar-refractivity contribution >= 4 is 21.6 Å². The number of benzene rings is 2. The predicted molar refractivity (Wildman–Crippen MR) is 83.9 cm³/mol. The Hall–Kier alpha value is -1.19. The van der Waals surface area contributed by atoms with Crippen molar-refractivity contribution in [1.82, 2.24) is 5.32 Å². The molecule has 0 saturated carbocycles. The summed E-state index contributed by atoms with van der Waals surface area (Å²) in [6, 6.07) is 15.0. The van der Waals surface area contributed by atoms with Gasteiger partial charge in [-0.15, -0.1) is 0 Å². The van der Waals surface area contributed by atoms with Gasteiger partial charge in [-0.2, -0.15) is 0 Å². The van der Waals surface area contributed by atoms with Gasteiger partial charge in [0, 0.05) is 28.3 Å². The first kappa shape index (κ1) is 14.2. The molecule has 3 heteroatoms. The first-order valence-corrected chi connectivity index (χ1v) is 8.30. The Bertz CT molecular complexity index is 567. The highest BCUT2D eigenvalue weighted by molar-refractivity contribution is 7.84. The zero-order chi connectivity index (χ0) is 13.7. The van der Waals surface area contributed by atoms with Crippen LogP contribution in [0, 0.1) is 0 Å². The average molecular weight is 275 g/mol. The fourth-order valence-corrected chi connectivity index (χ4v) is 3.17. The summed E-state index contributed by atoms with van der Waals surface area (Å²) in [4.78, 5) is 0. The van der Waals surface area contributed by atoms with E-state index in [1.165, 1.54) is 16.3 Å². The molecular weight excluding hydrogens is 254 g/mol. The highest BCUT2D eigenvalue weighted by atomic mass is 32.2. The molecule has 1 N–H and O–H groups in total. The summed E-state index contributed by atoms with van der Waals surface area (Å²) in [5.74, 6) is 1.40. The van der Waals surface area contributed by atoms with Crippen molar-refractivity contribution in [1.29, 1.82) is 0 Å². The molecular formula is C16H21NOS. The lowest BCUT2D eigenvalue weighted by molar-refractivity contribution is 0.595. The molecule has 102 valence electrons. The Balaban J connectivity index is 2.30. The minimum Gasteiger partial charge on any atom is -0.309 e. The van der Waals surface area contributed by atoms with E-state index in [2.05, 4.69) is 54.7 Å². The van der Waals surface area contributed by atoms with Gasteiger partial charge in [0.1, 0.15) is 0 Å². The highest BCUT2D eigenvalue weighted by Gasteiger charge is 2.13. The predicted octanol–water partition coefficient (Wildman–Crippen LogP) is 3.26. The number of rotatable bonds is 6. The Morgan fingerprint density at radius 3 is 2.53 bits per heavy atom. The van der Waals surface area contributed by atoms with Crippen LogP contribution in [0.3, 0.4) is 0 Å². The molecule has 0 aliphatic heterocycles. The fourth-order valence-electron chi connectivity index (χ4n) is 2.25. The van der Waals surface area contributed by atoms with E-state index < -0.39 is 10.8 Å². The zero-order valence-electron chi connectivity index (χ0n) is 11.6. The van der Waals surface area contributed by atoms with Gasteiger partial charge >= 0.3 is 0 Å². The van der Waals surface area contributed by atoms with Gasteiger partial charge < -0.3 is 5.32 Å². The molecule has 0 spiro atoms. The minimum atomic E-state index is -0.755. The molecule has 0 heterocycles. The second-order valence-corrected chi connectivity index (χ2v) is 6.40. The maximum atomic E-state index is 11.8. The summed E-state index contributed by atoms with van der Waals surface area (Å²) < 4.78 is 11.8. The van der Waals surface area contributed by atoms with Crippen molar-refractivity contribution in [3.63, 3.8) is 0 Å². The van der Waals surface area contributed by atoms with Gasteiger partial charge in [-0.25, -0.2) is 0 Å². The van der Waals surface area contributed by atoms with Crippen molar-refractivity contribution in [3.05, 3.63) is 48.0 Å². The van der Waals surface area contributed by atoms with Crippen molar-refractivity contribution in [2.24, 2.45) is 0 Å². The fraction of sp³-hybridized carbons (Fsp3) is 0.375. The molecule has 0 bridgehead atoms. The summed E-state index contributed by atoms with van der Waals surface area (Å²) in [6.45, 7) is 4.95. The lowest BCUT2D eigenvalue weighted by Crippen LogP contribution is -2.26. The maximum Gasteiger partial charge on any atom is 0.0436 e. The quantitative estimate of drug-likeness (QED) is 0.876. The van der Waals surface area contributed by atoms with E-state index in [1.54, 1.807) is 0 Å². The minimum absolute atomic E-state index is 0.176. The largest absolute Gasteiger partial charge is 0.309 e. The van der Waals surface area contributed by atoms with Crippen LogP contribution < -0.4 is 5.32 Å². The standard InChI is InChI=1S/C16H21NOS/c1-3-17-16(12-19(18)4-2)15-10-9-13-7-5-6-8-14(13)11-15/h5-11,16-17H,3-4,12H2,1-2H3. The van der Waals surface area contributed by atoms with E-state index in [1.807, 2.05) is 6.92 Å². The second-order valence-electron chi connectivity index (χ2n) is 4.61. The van der Waals surface area contributed by atoms with Crippen LogP contribution in [0.1, 0.15) is 25.5 Å². The molecule has 2 aromatic carbocycles. The first-order valence-electron chi connectivity index (χ1n) is 6.81. The van der Waals surface area contributed by atoms with Crippen molar-refractivity contribution in [2.45, 2.75) is 19.9 Å². The Morgan fingerprint density at radius 1 is 1.11 bits per heavy atom. The highest BCUT2D eigenvalue weighted by Crippen LogP contribution is 2.21. The number of hydrogen-bond acceptors (Lipinski definition) is 2. The second kappa shape index (κ2) is 6.83. The average Bonchev–Trinajstić information content (AvgIpc) is 2.46. The summed E-state index contributed by atoms with van der Waals surface area (Å²) in [5.41, 5.74) is 1.22. The summed E-state index contributed by atoms with van der Waals surface area (Å²) in [7, 11) is -0.755. The topological polar surface area (TPSA) is 29.1 Å². The molecule has 0 fully saturated rings. The lowest BCUT2D eigenvalue weighted by Gasteiger charge is -2.18. The van der Waals surface area contributed by atoms with Gasteiger partial charge in [0.15, 0.2) is 0 Å². The molecule has 0 radical (unpaired) electrons. The lowest BCUT2D eigenvalue weighted by atomic mass is 10.0.